The van der Waals surface area contributed by atoms with E-state index in [1.54, 1.807) is 0 Å². The van der Waals surface area contributed by atoms with Gasteiger partial charge in [-0.2, -0.15) is 0 Å². The predicted molar refractivity (Wildman–Crippen MR) is 57.3 cm³/mol. The fourth-order valence-electron chi connectivity index (χ4n) is 0.913. The second-order valence-electron chi connectivity index (χ2n) is 2.80. The molecule has 1 aromatic heterocycles. The SMILES string of the molecule is O=C(O)CC(=O)C=Cc1ccc([N+](=O)[O-])s1. The van der Waals surface area contributed by atoms with Crippen molar-refractivity contribution >= 4 is 34.2 Å². The molecule has 0 bridgehead atoms. The summed E-state index contributed by atoms with van der Waals surface area (Å²) in [7, 11) is 0. The Hall–Kier alpha value is -2.02. The molecule has 1 heterocycles. The van der Waals surface area contributed by atoms with Gasteiger partial charge in [0.15, 0.2) is 5.78 Å². The van der Waals surface area contributed by atoms with Crippen LogP contribution < -0.4 is 0 Å². The third-order valence-electron chi connectivity index (χ3n) is 1.55. The summed E-state index contributed by atoms with van der Waals surface area (Å²) in [6, 6.07) is 2.82. The Bertz CT molecular complexity index is 462. The fraction of sp³-hybridized carbons (Fsp3) is 0.111. The Balaban J connectivity index is 2.65. The summed E-state index contributed by atoms with van der Waals surface area (Å²) >= 11 is 0.916. The summed E-state index contributed by atoms with van der Waals surface area (Å²) in [5, 5.41) is 18.6. The van der Waals surface area contributed by atoms with Crippen molar-refractivity contribution in [2.45, 2.75) is 6.42 Å². The molecule has 16 heavy (non-hydrogen) atoms. The minimum absolute atomic E-state index is 0.0228. The van der Waals surface area contributed by atoms with Crippen LogP contribution in [0.1, 0.15) is 11.3 Å². The van der Waals surface area contributed by atoms with Crippen molar-refractivity contribution < 1.29 is 19.6 Å². The van der Waals surface area contributed by atoms with E-state index in [0.717, 1.165) is 17.4 Å². The van der Waals surface area contributed by atoms with Gasteiger partial charge in [0, 0.05) is 10.9 Å². The minimum atomic E-state index is -1.20. The highest BCUT2D eigenvalue weighted by atomic mass is 32.1. The highest BCUT2D eigenvalue weighted by Crippen LogP contribution is 2.24. The number of thiophene rings is 1. The largest absolute Gasteiger partial charge is 0.481 e. The minimum Gasteiger partial charge on any atom is -0.481 e. The van der Waals surface area contributed by atoms with Crippen LogP contribution >= 0.6 is 11.3 Å². The van der Waals surface area contributed by atoms with E-state index >= 15 is 0 Å². The van der Waals surface area contributed by atoms with Crippen molar-refractivity contribution in [3.8, 4) is 0 Å². The van der Waals surface area contributed by atoms with Gasteiger partial charge >= 0.3 is 11.0 Å². The van der Waals surface area contributed by atoms with Crippen LogP contribution in [0.4, 0.5) is 5.00 Å². The molecule has 0 atom stereocenters. The van der Waals surface area contributed by atoms with E-state index in [9.17, 15) is 19.7 Å². The molecule has 7 heteroatoms. The number of aliphatic carboxylic acids is 1. The Labute approximate surface area is 94.0 Å². The molecule has 84 valence electrons. The van der Waals surface area contributed by atoms with E-state index in [0.29, 0.717) is 4.88 Å². The molecule has 0 aromatic carbocycles. The van der Waals surface area contributed by atoms with Crippen LogP contribution in [-0.4, -0.2) is 21.8 Å². The number of carbonyl (C=O) groups excluding carboxylic acids is 1. The lowest BCUT2D eigenvalue weighted by Gasteiger charge is -1.86. The molecule has 1 N–H and O–H groups in total. The standard InChI is InChI=1S/C9H7NO5S/c11-6(5-9(12)13)1-2-7-3-4-8(16-7)10(14)15/h1-4H,5H2,(H,12,13). The first-order chi connectivity index (χ1) is 7.49. The zero-order valence-corrected chi connectivity index (χ0v) is 8.77. The van der Waals surface area contributed by atoms with Gasteiger partial charge in [-0.1, -0.05) is 11.3 Å². The fourth-order valence-corrected chi connectivity index (χ4v) is 1.64. The number of carboxylic acid groups (broad SMARTS) is 1. The number of ketones is 1. The Morgan fingerprint density at radius 1 is 1.50 bits per heavy atom. The molecule has 0 amide bonds. The average Bonchev–Trinajstić information content (AvgIpc) is 2.61. The maximum Gasteiger partial charge on any atom is 0.324 e. The first-order valence-corrected chi connectivity index (χ1v) is 4.97. The van der Waals surface area contributed by atoms with Gasteiger partial charge < -0.3 is 5.11 Å². The van der Waals surface area contributed by atoms with Crippen LogP contribution in [0.2, 0.25) is 0 Å². The highest BCUT2D eigenvalue weighted by molar-refractivity contribution is 7.16. The number of carbonyl (C=O) groups is 2. The van der Waals surface area contributed by atoms with Crippen LogP contribution in [0.15, 0.2) is 18.2 Å². The maximum atomic E-state index is 11.0. The van der Waals surface area contributed by atoms with Crippen LogP contribution in [-0.2, 0) is 9.59 Å². The first kappa shape index (κ1) is 12.1. The van der Waals surface area contributed by atoms with Crippen LogP contribution in [0.5, 0.6) is 0 Å². The van der Waals surface area contributed by atoms with E-state index in [4.69, 9.17) is 5.11 Å². The van der Waals surface area contributed by atoms with Gasteiger partial charge in [-0.3, -0.25) is 19.7 Å². The maximum absolute atomic E-state index is 11.0. The van der Waals surface area contributed by atoms with Crippen molar-refractivity contribution in [1.82, 2.24) is 0 Å². The summed E-state index contributed by atoms with van der Waals surface area (Å²) < 4.78 is 0. The first-order valence-electron chi connectivity index (χ1n) is 4.16. The second kappa shape index (κ2) is 5.17. The zero-order valence-electron chi connectivity index (χ0n) is 7.95. The summed E-state index contributed by atoms with van der Waals surface area (Å²) in [5.41, 5.74) is 0. The molecular weight excluding hydrogens is 234 g/mol. The molecule has 1 aromatic rings. The van der Waals surface area contributed by atoms with Gasteiger partial charge in [-0.05, 0) is 18.2 Å². The smallest absolute Gasteiger partial charge is 0.324 e. The molecule has 0 aliphatic heterocycles. The molecule has 6 nitrogen and oxygen atoms in total. The van der Waals surface area contributed by atoms with Crippen LogP contribution in [0, 0.1) is 10.1 Å². The number of carboxylic acids is 1. The summed E-state index contributed by atoms with van der Waals surface area (Å²) in [4.78, 5) is 31.5. The number of allylic oxidation sites excluding steroid dienone is 1. The lowest BCUT2D eigenvalue weighted by molar-refractivity contribution is -0.380. The third kappa shape index (κ3) is 3.62. The lowest BCUT2D eigenvalue weighted by atomic mass is 10.2. The summed E-state index contributed by atoms with van der Waals surface area (Å²) in [5.74, 6) is -1.75. The molecule has 0 unspecified atom stereocenters. The van der Waals surface area contributed by atoms with E-state index < -0.39 is 23.1 Å². The molecular formula is C9H7NO5S. The summed E-state index contributed by atoms with van der Waals surface area (Å²) in [6.45, 7) is 0. The molecule has 0 aliphatic rings. The van der Waals surface area contributed by atoms with E-state index in [2.05, 4.69) is 0 Å². The van der Waals surface area contributed by atoms with Gasteiger partial charge in [-0.15, -0.1) is 0 Å². The second-order valence-corrected chi connectivity index (χ2v) is 3.90. The van der Waals surface area contributed by atoms with Crippen molar-refractivity contribution in [1.29, 1.82) is 0 Å². The highest BCUT2D eigenvalue weighted by Gasteiger charge is 2.08. The van der Waals surface area contributed by atoms with Gasteiger partial charge in [0.25, 0.3) is 0 Å². The molecule has 0 fully saturated rings. The number of rotatable bonds is 5. The number of hydrogen-bond acceptors (Lipinski definition) is 5. The average molecular weight is 241 g/mol. The predicted octanol–water partition coefficient (Wildman–Crippen LogP) is 1.71. The number of nitrogens with zero attached hydrogens (tertiary/aromatic N) is 1. The third-order valence-corrected chi connectivity index (χ3v) is 2.55. The van der Waals surface area contributed by atoms with Crippen molar-refractivity contribution in [2.24, 2.45) is 0 Å². The molecule has 0 saturated carbocycles. The van der Waals surface area contributed by atoms with Crippen molar-refractivity contribution in [2.75, 3.05) is 0 Å². The van der Waals surface area contributed by atoms with Crippen molar-refractivity contribution in [3.05, 3.63) is 33.2 Å². The van der Waals surface area contributed by atoms with E-state index in [-0.39, 0.29) is 5.00 Å². The Morgan fingerprint density at radius 3 is 2.69 bits per heavy atom. The molecule has 1 rings (SSSR count). The van der Waals surface area contributed by atoms with Crippen molar-refractivity contribution in [3.63, 3.8) is 0 Å². The molecule has 0 spiro atoms. The normalized spacial score (nSPS) is 10.5. The Morgan fingerprint density at radius 2 is 2.19 bits per heavy atom. The lowest BCUT2D eigenvalue weighted by Crippen LogP contribution is -2.02. The molecule has 0 aliphatic carbocycles. The van der Waals surface area contributed by atoms with E-state index in [1.807, 2.05) is 0 Å². The number of nitro groups is 1. The number of hydrogen-bond donors (Lipinski definition) is 1. The van der Waals surface area contributed by atoms with Gasteiger partial charge in [0.05, 0.1) is 4.92 Å². The van der Waals surface area contributed by atoms with Crippen LogP contribution in [0.3, 0.4) is 0 Å². The quantitative estimate of drug-likeness (QED) is 0.366. The topological polar surface area (TPSA) is 97.5 Å². The molecule has 0 saturated heterocycles. The molecule has 0 radical (unpaired) electrons. The van der Waals surface area contributed by atoms with Crippen LogP contribution in [0.25, 0.3) is 6.08 Å². The summed E-state index contributed by atoms with van der Waals surface area (Å²) in [6.07, 6.45) is 1.89. The monoisotopic (exact) mass is 241 g/mol. The van der Waals surface area contributed by atoms with Gasteiger partial charge in [0.1, 0.15) is 6.42 Å². The van der Waals surface area contributed by atoms with Gasteiger partial charge in [0.2, 0.25) is 0 Å². The zero-order chi connectivity index (χ0) is 12.1. The Kier molecular flexibility index (Phi) is 3.90. The van der Waals surface area contributed by atoms with Gasteiger partial charge in [-0.25, -0.2) is 0 Å². The van der Waals surface area contributed by atoms with E-state index in [1.165, 1.54) is 18.2 Å².